The zero-order chi connectivity index (χ0) is 19.2. The summed E-state index contributed by atoms with van der Waals surface area (Å²) in [5.74, 6) is 0.714. The second-order valence-corrected chi connectivity index (χ2v) is 6.95. The van der Waals surface area contributed by atoms with E-state index in [0.29, 0.717) is 36.4 Å². The number of pyridine rings is 1. The van der Waals surface area contributed by atoms with Gasteiger partial charge in [0.1, 0.15) is 5.69 Å². The first-order valence-electron chi connectivity index (χ1n) is 8.85. The molecule has 3 heterocycles. The number of anilines is 1. The zero-order valence-electron chi connectivity index (χ0n) is 15.0. The molecular weight excluding hydrogens is 378 g/mol. The number of rotatable bonds is 7. The number of amides is 1. The van der Waals surface area contributed by atoms with E-state index >= 15 is 0 Å². The summed E-state index contributed by atoms with van der Waals surface area (Å²) in [4.78, 5) is 16.6. The molecule has 1 N–H and O–H groups in total. The number of hydrogen-bond acceptors (Lipinski definition) is 7. The summed E-state index contributed by atoms with van der Waals surface area (Å²) in [6, 6.07) is 15.0. The van der Waals surface area contributed by atoms with Crippen LogP contribution in [-0.4, -0.2) is 50.9 Å². The van der Waals surface area contributed by atoms with Gasteiger partial charge < -0.3 is 14.8 Å². The number of para-hydroxylation sites is 1. The van der Waals surface area contributed by atoms with Crippen LogP contribution < -0.4 is 5.32 Å². The number of carbonyl (C=O) groups is 1. The monoisotopic (exact) mass is 397 g/mol. The Kier molecular flexibility index (Phi) is 5.95. The lowest BCUT2D eigenvalue weighted by Gasteiger charge is -2.14. The van der Waals surface area contributed by atoms with E-state index in [2.05, 4.69) is 20.5 Å². The molecule has 0 saturated carbocycles. The summed E-state index contributed by atoms with van der Waals surface area (Å²) < 4.78 is 13.0. The van der Waals surface area contributed by atoms with Crippen molar-refractivity contribution in [2.75, 3.05) is 24.3 Å². The molecule has 28 heavy (non-hydrogen) atoms. The van der Waals surface area contributed by atoms with Gasteiger partial charge in [-0.05, 0) is 24.3 Å². The molecular formula is C19H19N5O3S. The summed E-state index contributed by atoms with van der Waals surface area (Å²) in [5.41, 5.74) is 1.46. The molecule has 1 fully saturated rings. The Labute approximate surface area is 166 Å². The van der Waals surface area contributed by atoms with Crippen LogP contribution in [0.25, 0.3) is 11.5 Å². The third kappa shape index (κ3) is 4.56. The highest BCUT2D eigenvalue weighted by atomic mass is 32.2. The fraction of sp³-hybridized carbons (Fsp3) is 0.263. The van der Waals surface area contributed by atoms with Crippen molar-refractivity contribution in [2.45, 2.75) is 18.0 Å². The zero-order valence-corrected chi connectivity index (χ0v) is 15.8. The van der Waals surface area contributed by atoms with Crippen molar-refractivity contribution in [1.82, 2.24) is 19.7 Å². The number of carbonyl (C=O) groups excluding carboxylic acids is 1. The molecule has 1 aliphatic heterocycles. The number of nitrogens with one attached hydrogen (secondary N) is 1. The third-order valence-electron chi connectivity index (χ3n) is 4.02. The van der Waals surface area contributed by atoms with Gasteiger partial charge in [0.25, 0.3) is 0 Å². The topological polar surface area (TPSA) is 91.2 Å². The van der Waals surface area contributed by atoms with Gasteiger partial charge >= 0.3 is 0 Å². The van der Waals surface area contributed by atoms with Gasteiger partial charge in [-0.1, -0.05) is 36.0 Å². The fourth-order valence-electron chi connectivity index (χ4n) is 2.75. The van der Waals surface area contributed by atoms with Crippen molar-refractivity contribution < 1.29 is 14.3 Å². The molecule has 0 unspecified atom stereocenters. The van der Waals surface area contributed by atoms with E-state index < -0.39 is 0 Å². The molecule has 2 aromatic heterocycles. The maximum absolute atomic E-state index is 12.3. The molecule has 0 spiro atoms. The predicted octanol–water partition coefficient (Wildman–Crippen LogP) is 2.44. The highest BCUT2D eigenvalue weighted by Gasteiger charge is 2.23. The second kappa shape index (κ2) is 8.96. The number of benzene rings is 1. The second-order valence-electron chi connectivity index (χ2n) is 6.01. The molecule has 0 radical (unpaired) electrons. The highest BCUT2D eigenvalue weighted by molar-refractivity contribution is 7.99. The first-order chi connectivity index (χ1) is 13.8. The Balaban J connectivity index is 1.49. The van der Waals surface area contributed by atoms with Gasteiger partial charge in [0.2, 0.25) is 5.91 Å². The van der Waals surface area contributed by atoms with Gasteiger partial charge in [-0.2, -0.15) is 0 Å². The van der Waals surface area contributed by atoms with Crippen LogP contribution in [0, 0.1) is 0 Å². The van der Waals surface area contributed by atoms with E-state index in [0.717, 1.165) is 5.69 Å². The van der Waals surface area contributed by atoms with Crippen molar-refractivity contribution in [2.24, 2.45) is 0 Å². The van der Waals surface area contributed by atoms with Crippen LogP contribution in [0.5, 0.6) is 0 Å². The molecule has 0 bridgehead atoms. The van der Waals surface area contributed by atoms with Gasteiger partial charge in [-0.3, -0.25) is 14.3 Å². The summed E-state index contributed by atoms with van der Waals surface area (Å²) >= 11 is 1.31. The number of hydrogen-bond donors (Lipinski definition) is 1. The lowest BCUT2D eigenvalue weighted by molar-refractivity contribution is -0.113. The van der Waals surface area contributed by atoms with Crippen LogP contribution in [0.15, 0.2) is 59.9 Å². The van der Waals surface area contributed by atoms with Crippen molar-refractivity contribution in [3.63, 3.8) is 0 Å². The van der Waals surface area contributed by atoms with Crippen molar-refractivity contribution >= 4 is 23.4 Å². The van der Waals surface area contributed by atoms with E-state index in [-0.39, 0.29) is 18.0 Å². The molecule has 144 valence electrons. The molecule has 1 aromatic carbocycles. The molecule has 4 rings (SSSR count). The van der Waals surface area contributed by atoms with Crippen molar-refractivity contribution in [1.29, 1.82) is 0 Å². The minimum Gasteiger partial charge on any atom is -0.348 e. The Morgan fingerprint density at radius 1 is 1.11 bits per heavy atom. The Morgan fingerprint density at radius 3 is 2.64 bits per heavy atom. The van der Waals surface area contributed by atoms with E-state index in [9.17, 15) is 4.79 Å². The summed E-state index contributed by atoms with van der Waals surface area (Å²) in [7, 11) is 0. The van der Waals surface area contributed by atoms with Gasteiger partial charge in [0.15, 0.2) is 17.3 Å². The van der Waals surface area contributed by atoms with E-state index in [1.165, 1.54) is 11.8 Å². The number of nitrogens with zero attached hydrogens (tertiary/aromatic N) is 4. The smallest absolute Gasteiger partial charge is 0.234 e. The molecule has 9 heteroatoms. The molecule has 8 nitrogen and oxygen atoms in total. The van der Waals surface area contributed by atoms with Crippen LogP contribution in [0.4, 0.5) is 5.69 Å². The van der Waals surface area contributed by atoms with Crippen LogP contribution >= 0.6 is 11.8 Å². The quantitative estimate of drug-likeness (QED) is 0.612. The standard InChI is InChI=1S/C19H19N5O3S/c25-16(21-14-6-2-1-3-7-14)13-28-19-23-22-18(15-8-4-5-9-20-15)24(19)12-17-26-10-11-27-17/h1-9,17H,10-13H2,(H,21,25). The molecule has 1 amide bonds. The minimum atomic E-state index is -0.365. The average molecular weight is 397 g/mol. The van der Waals surface area contributed by atoms with Crippen LogP contribution in [0.2, 0.25) is 0 Å². The fourth-order valence-corrected chi connectivity index (χ4v) is 3.50. The molecule has 0 aliphatic carbocycles. The summed E-state index contributed by atoms with van der Waals surface area (Å²) in [6.07, 6.45) is 1.34. The largest absolute Gasteiger partial charge is 0.348 e. The van der Waals surface area contributed by atoms with E-state index in [1.807, 2.05) is 53.1 Å². The lowest BCUT2D eigenvalue weighted by Crippen LogP contribution is -2.19. The predicted molar refractivity (Wildman–Crippen MR) is 105 cm³/mol. The van der Waals surface area contributed by atoms with Gasteiger partial charge in [-0.15, -0.1) is 10.2 Å². The number of thioether (sulfide) groups is 1. The van der Waals surface area contributed by atoms with E-state index in [4.69, 9.17) is 9.47 Å². The Bertz CT molecular complexity index is 914. The molecule has 1 saturated heterocycles. The van der Waals surface area contributed by atoms with Crippen molar-refractivity contribution in [3.05, 3.63) is 54.7 Å². The van der Waals surface area contributed by atoms with Crippen LogP contribution in [0.3, 0.4) is 0 Å². The summed E-state index contributed by atoms with van der Waals surface area (Å²) in [6.45, 7) is 1.56. The Hall–Kier alpha value is -2.75. The maximum atomic E-state index is 12.3. The average Bonchev–Trinajstić information content (AvgIpc) is 3.38. The first-order valence-corrected chi connectivity index (χ1v) is 9.83. The van der Waals surface area contributed by atoms with Crippen LogP contribution in [0.1, 0.15) is 0 Å². The van der Waals surface area contributed by atoms with Gasteiger partial charge in [-0.25, -0.2) is 0 Å². The van der Waals surface area contributed by atoms with E-state index in [1.54, 1.807) is 6.20 Å². The molecule has 1 aliphatic rings. The van der Waals surface area contributed by atoms with Crippen LogP contribution in [-0.2, 0) is 20.8 Å². The SMILES string of the molecule is O=C(CSc1nnc(-c2ccccn2)n1CC1OCCO1)Nc1ccccc1. The molecule has 0 atom stereocenters. The normalized spacial score (nSPS) is 14.3. The van der Waals surface area contributed by atoms with Gasteiger partial charge in [0, 0.05) is 11.9 Å². The number of aromatic nitrogens is 4. The Morgan fingerprint density at radius 2 is 1.89 bits per heavy atom. The highest BCUT2D eigenvalue weighted by Crippen LogP contribution is 2.24. The molecule has 3 aromatic rings. The maximum Gasteiger partial charge on any atom is 0.234 e. The van der Waals surface area contributed by atoms with Gasteiger partial charge in [0.05, 0.1) is 25.5 Å². The van der Waals surface area contributed by atoms with Crippen molar-refractivity contribution in [3.8, 4) is 11.5 Å². The summed E-state index contributed by atoms with van der Waals surface area (Å²) in [5, 5.41) is 12.0. The minimum absolute atomic E-state index is 0.112. The first kappa shape index (κ1) is 18.6. The lowest BCUT2D eigenvalue weighted by atomic mass is 10.3. The third-order valence-corrected chi connectivity index (χ3v) is 4.99. The number of ether oxygens (including phenoxy) is 2.